The van der Waals surface area contributed by atoms with Crippen LogP contribution in [0.25, 0.3) is 0 Å². The van der Waals surface area contributed by atoms with Crippen LogP contribution in [0.1, 0.15) is 10.9 Å². The largest absolute Gasteiger partial charge is 0.480 e. The summed E-state index contributed by atoms with van der Waals surface area (Å²) in [7, 11) is 0. The standard InChI is InChI=1S/C9H10ClNO2/c10-7(8(11)9(12)13)6-4-2-1-3-5-6/h1-5,7-8H,11H2,(H,12,13)/t7-,8-/m0/s1. The quantitative estimate of drug-likeness (QED) is 0.723. The van der Waals surface area contributed by atoms with E-state index in [4.69, 9.17) is 22.4 Å². The second kappa shape index (κ2) is 4.25. The zero-order valence-electron chi connectivity index (χ0n) is 6.85. The summed E-state index contributed by atoms with van der Waals surface area (Å²) in [5.74, 6) is -1.09. The van der Waals surface area contributed by atoms with Gasteiger partial charge >= 0.3 is 5.97 Å². The van der Waals surface area contributed by atoms with Gasteiger partial charge in [-0.2, -0.15) is 0 Å². The zero-order chi connectivity index (χ0) is 9.84. The molecule has 0 heterocycles. The van der Waals surface area contributed by atoms with Crippen LogP contribution in [0.2, 0.25) is 0 Å². The third kappa shape index (κ3) is 2.44. The number of hydrogen-bond donors (Lipinski definition) is 2. The molecule has 0 aromatic heterocycles. The highest BCUT2D eigenvalue weighted by Crippen LogP contribution is 2.22. The number of alkyl halides is 1. The average molecular weight is 200 g/mol. The molecular formula is C9H10ClNO2. The third-order valence-corrected chi connectivity index (χ3v) is 2.24. The fourth-order valence-corrected chi connectivity index (χ4v) is 1.22. The Balaban J connectivity index is 2.79. The predicted molar refractivity (Wildman–Crippen MR) is 50.6 cm³/mol. The normalized spacial score (nSPS) is 14.9. The van der Waals surface area contributed by atoms with Crippen LogP contribution in [0.15, 0.2) is 30.3 Å². The van der Waals surface area contributed by atoms with E-state index >= 15 is 0 Å². The van der Waals surface area contributed by atoms with E-state index in [9.17, 15) is 4.79 Å². The van der Waals surface area contributed by atoms with Crippen molar-refractivity contribution in [3.63, 3.8) is 0 Å². The highest BCUT2D eigenvalue weighted by atomic mass is 35.5. The molecule has 13 heavy (non-hydrogen) atoms. The Morgan fingerprint density at radius 1 is 1.38 bits per heavy atom. The van der Waals surface area contributed by atoms with Gasteiger partial charge in [0.2, 0.25) is 0 Å². The van der Waals surface area contributed by atoms with Crippen molar-refractivity contribution < 1.29 is 9.90 Å². The van der Waals surface area contributed by atoms with Gasteiger partial charge in [0.25, 0.3) is 0 Å². The third-order valence-electron chi connectivity index (χ3n) is 1.72. The van der Waals surface area contributed by atoms with Crippen molar-refractivity contribution in [2.75, 3.05) is 0 Å². The molecule has 1 aromatic carbocycles. The monoisotopic (exact) mass is 199 g/mol. The Labute approximate surface area is 81.1 Å². The lowest BCUT2D eigenvalue weighted by molar-refractivity contribution is -0.138. The van der Waals surface area contributed by atoms with E-state index in [-0.39, 0.29) is 0 Å². The first-order valence-corrected chi connectivity index (χ1v) is 4.24. The second-order valence-electron chi connectivity index (χ2n) is 2.68. The van der Waals surface area contributed by atoms with Crippen LogP contribution in [-0.2, 0) is 4.79 Å². The number of nitrogens with two attached hydrogens (primary N) is 1. The Kier molecular flexibility index (Phi) is 3.28. The number of carbonyl (C=O) groups is 1. The van der Waals surface area contributed by atoms with E-state index in [1.807, 2.05) is 6.07 Å². The molecular weight excluding hydrogens is 190 g/mol. The van der Waals surface area contributed by atoms with Gasteiger partial charge in [0.05, 0.1) is 5.38 Å². The topological polar surface area (TPSA) is 63.3 Å². The molecule has 1 aromatic rings. The summed E-state index contributed by atoms with van der Waals surface area (Å²) >= 11 is 5.85. The molecule has 0 saturated heterocycles. The number of benzene rings is 1. The van der Waals surface area contributed by atoms with Crippen LogP contribution in [-0.4, -0.2) is 17.1 Å². The highest BCUT2D eigenvalue weighted by Gasteiger charge is 2.22. The van der Waals surface area contributed by atoms with Crippen LogP contribution < -0.4 is 5.73 Å². The van der Waals surface area contributed by atoms with Crippen LogP contribution in [0.3, 0.4) is 0 Å². The van der Waals surface area contributed by atoms with Crippen molar-refractivity contribution in [1.29, 1.82) is 0 Å². The molecule has 0 saturated carbocycles. The van der Waals surface area contributed by atoms with Gasteiger partial charge in [-0.05, 0) is 5.56 Å². The first kappa shape index (κ1) is 10.0. The van der Waals surface area contributed by atoms with Crippen molar-refractivity contribution in [2.24, 2.45) is 5.73 Å². The molecule has 1 rings (SSSR count). The lowest BCUT2D eigenvalue weighted by Gasteiger charge is -2.13. The lowest BCUT2D eigenvalue weighted by Crippen LogP contribution is -2.34. The van der Waals surface area contributed by atoms with Gasteiger partial charge in [-0.1, -0.05) is 30.3 Å². The number of rotatable bonds is 3. The number of aliphatic carboxylic acids is 1. The Morgan fingerprint density at radius 2 is 1.92 bits per heavy atom. The maximum atomic E-state index is 10.5. The number of halogens is 1. The summed E-state index contributed by atoms with van der Waals surface area (Å²) in [6.07, 6.45) is 0. The molecule has 0 unspecified atom stereocenters. The minimum atomic E-state index is -1.09. The van der Waals surface area contributed by atoms with Crippen molar-refractivity contribution >= 4 is 17.6 Å². The summed E-state index contributed by atoms with van der Waals surface area (Å²) in [4.78, 5) is 10.5. The lowest BCUT2D eigenvalue weighted by atomic mass is 10.1. The van der Waals surface area contributed by atoms with Gasteiger partial charge in [0.15, 0.2) is 0 Å². The SMILES string of the molecule is N[C@H](C(=O)O)[C@@H](Cl)c1ccccc1. The van der Waals surface area contributed by atoms with Gasteiger partial charge < -0.3 is 10.8 Å². The fourth-order valence-electron chi connectivity index (χ4n) is 0.969. The Hall–Kier alpha value is -1.06. The molecule has 70 valence electrons. The average Bonchev–Trinajstić information content (AvgIpc) is 2.17. The van der Waals surface area contributed by atoms with Crippen molar-refractivity contribution in [3.05, 3.63) is 35.9 Å². The van der Waals surface area contributed by atoms with E-state index in [1.54, 1.807) is 24.3 Å². The molecule has 0 spiro atoms. The summed E-state index contributed by atoms with van der Waals surface area (Å²) in [6, 6.07) is 7.85. The van der Waals surface area contributed by atoms with Gasteiger partial charge in [-0.25, -0.2) is 0 Å². The van der Waals surface area contributed by atoms with Gasteiger partial charge in [-0.3, -0.25) is 4.79 Å². The molecule has 0 aliphatic rings. The molecule has 3 N–H and O–H groups in total. The van der Waals surface area contributed by atoms with Gasteiger partial charge in [-0.15, -0.1) is 11.6 Å². The van der Waals surface area contributed by atoms with E-state index in [1.165, 1.54) is 0 Å². The van der Waals surface area contributed by atoms with Crippen LogP contribution in [0, 0.1) is 0 Å². The van der Waals surface area contributed by atoms with Crippen LogP contribution in [0.5, 0.6) is 0 Å². The molecule has 2 atom stereocenters. The molecule has 0 amide bonds. The molecule has 3 nitrogen and oxygen atoms in total. The summed E-state index contributed by atoms with van der Waals surface area (Å²) in [6.45, 7) is 0. The first-order chi connectivity index (χ1) is 6.13. The number of carboxylic acid groups (broad SMARTS) is 1. The fraction of sp³-hybridized carbons (Fsp3) is 0.222. The molecule has 4 heteroatoms. The Morgan fingerprint density at radius 3 is 2.38 bits per heavy atom. The van der Waals surface area contributed by atoms with Gasteiger partial charge in [0, 0.05) is 0 Å². The van der Waals surface area contributed by atoms with E-state index in [0.29, 0.717) is 0 Å². The number of hydrogen-bond acceptors (Lipinski definition) is 2. The van der Waals surface area contributed by atoms with E-state index in [0.717, 1.165) is 5.56 Å². The second-order valence-corrected chi connectivity index (χ2v) is 3.15. The van der Waals surface area contributed by atoms with Gasteiger partial charge in [0.1, 0.15) is 6.04 Å². The van der Waals surface area contributed by atoms with Crippen molar-refractivity contribution in [3.8, 4) is 0 Å². The smallest absolute Gasteiger partial charge is 0.322 e. The van der Waals surface area contributed by atoms with Crippen molar-refractivity contribution in [2.45, 2.75) is 11.4 Å². The van der Waals surface area contributed by atoms with Crippen LogP contribution >= 0.6 is 11.6 Å². The summed E-state index contributed by atoms with van der Waals surface area (Å²) in [5, 5.41) is 7.92. The maximum absolute atomic E-state index is 10.5. The number of carboxylic acids is 1. The minimum absolute atomic E-state index is 0.682. The van der Waals surface area contributed by atoms with Crippen LogP contribution in [0.4, 0.5) is 0 Å². The summed E-state index contributed by atoms with van der Waals surface area (Å²) in [5.41, 5.74) is 6.08. The summed E-state index contributed by atoms with van der Waals surface area (Å²) < 4.78 is 0. The highest BCUT2D eigenvalue weighted by molar-refractivity contribution is 6.22. The molecule has 0 bridgehead atoms. The zero-order valence-corrected chi connectivity index (χ0v) is 7.61. The Bertz CT molecular complexity index is 289. The van der Waals surface area contributed by atoms with E-state index in [2.05, 4.69) is 0 Å². The predicted octanol–water partition coefficient (Wildman–Crippen LogP) is 1.38. The molecule has 0 radical (unpaired) electrons. The minimum Gasteiger partial charge on any atom is -0.480 e. The van der Waals surface area contributed by atoms with Crippen molar-refractivity contribution in [1.82, 2.24) is 0 Å². The maximum Gasteiger partial charge on any atom is 0.322 e. The molecule has 0 fully saturated rings. The van der Waals surface area contributed by atoms with E-state index < -0.39 is 17.4 Å². The molecule has 0 aliphatic carbocycles. The molecule has 0 aliphatic heterocycles. The first-order valence-electron chi connectivity index (χ1n) is 3.80.